The minimum atomic E-state index is 0.909. The van der Waals surface area contributed by atoms with E-state index in [2.05, 4.69) is 205 Å². The van der Waals surface area contributed by atoms with Crippen molar-refractivity contribution in [2.45, 2.75) is 0 Å². The molecule has 0 saturated heterocycles. The maximum Gasteiger partial charge on any atom is 0.145 e. The van der Waals surface area contributed by atoms with Crippen molar-refractivity contribution in [1.82, 2.24) is 4.98 Å². The van der Waals surface area contributed by atoms with Crippen molar-refractivity contribution in [3.63, 3.8) is 0 Å². The lowest BCUT2D eigenvalue weighted by atomic mass is 9.82. The van der Waals surface area contributed by atoms with Gasteiger partial charge in [-0.3, -0.25) is 4.90 Å². The van der Waals surface area contributed by atoms with Crippen LogP contribution in [0.25, 0.3) is 88.0 Å². The molecule has 9 aromatic carbocycles. The quantitative estimate of drug-likeness (QED) is 0.172. The lowest BCUT2D eigenvalue weighted by Crippen LogP contribution is -2.12. The van der Waals surface area contributed by atoms with Crippen LogP contribution in [0.4, 0.5) is 17.2 Å². The van der Waals surface area contributed by atoms with Crippen molar-refractivity contribution < 1.29 is 0 Å². The van der Waals surface area contributed by atoms with Gasteiger partial charge in [0, 0.05) is 23.0 Å². The SMILES string of the molecule is c1ccc(-c2c3c(c(-c4ccccc4)c4ccccc24)-c2ccc(-c4cccc(N(c5ccccc5)c5nccc6ccccc56)c4)c4cccc-3c24)cc1. The number of hydrogen-bond acceptors (Lipinski definition) is 2. The van der Waals surface area contributed by atoms with Crippen LogP contribution in [0.2, 0.25) is 0 Å². The van der Waals surface area contributed by atoms with Crippen LogP contribution in [0.15, 0.2) is 206 Å². The van der Waals surface area contributed by atoms with E-state index in [-0.39, 0.29) is 0 Å². The summed E-state index contributed by atoms with van der Waals surface area (Å²) < 4.78 is 0. The Bertz CT molecular complexity index is 2980. The van der Waals surface area contributed by atoms with Gasteiger partial charge in [-0.2, -0.15) is 0 Å². The summed E-state index contributed by atoms with van der Waals surface area (Å²) in [5, 5.41) is 7.37. The monoisotopic (exact) mass is 698 g/mol. The van der Waals surface area contributed by atoms with Gasteiger partial charge in [-0.15, -0.1) is 0 Å². The summed E-state index contributed by atoms with van der Waals surface area (Å²) in [5.74, 6) is 0.909. The van der Waals surface area contributed by atoms with Crippen LogP contribution < -0.4 is 4.90 Å². The predicted octanol–water partition coefficient (Wildman–Crippen LogP) is 14.7. The van der Waals surface area contributed by atoms with Crippen LogP contribution in [0, 0.1) is 0 Å². The molecule has 2 nitrogen and oxygen atoms in total. The Morgan fingerprint density at radius 3 is 1.53 bits per heavy atom. The first-order valence-corrected chi connectivity index (χ1v) is 18.9. The summed E-state index contributed by atoms with van der Waals surface area (Å²) in [5.41, 5.74) is 14.7. The molecule has 0 saturated carbocycles. The van der Waals surface area contributed by atoms with Crippen molar-refractivity contribution >= 4 is 49.5 Å². The maximum atomic E-state index is 4.98. The molecule has 0 amide bonds. The number of benzene rings is 9. The average molecular weight is 699 g/mol. The lowest BCUT2D eigenvalue weighted by molar-refractivity contribution is 1.20. The van der Waals surface area contributed by atoms with E-state index < -0.39 is 0 Å². The molecule has 11 rings (SSSR count). The fourth-order valence-corrected chi connectivity index (χ4v) is 8.93. The normalized spacial score (nSPS) is 11.6. The summed E-state index contributed by atoms with van der Waals surface area (Å²) in [6, 6.07) is 72.5. The Kier molecular flexibility index (Phi) is 7.21. The van der Waals surface area contributed by atoms with Crippen LogP contribution in [0.1, 0.15) is 0 Å². The van der Waals surface area contributed by atoms with Crippen LogP contribution in [-0.4, -0.2) is 4.98 Å². The molecule has 0 spiro atoms. The maximum absolute atomic E-state index is 4.98. The van der Waals surface area contributed by atoms with Crippen molar-refractivity contribution in [3.8, 4) is 55.6 Å². The number of para-hydroxylation sites is 1. The van der Waals surface area contributed by atoms with Gasteiger partial charge < -0.3 is 0 Å². The Balaban J connectivity index is 1.16. The standard InChI is InChI=1S/C53H34N2/c1-4-17-36(18-5-1)48-44-26-12-13-27-45(44)49(37-19-6-2-7-20-37)52-47-31-30-41(43-28-15-29-46(50(43)47)51(48)52)38-21-14-24-40(34-38)55(39-22-8-3-9-23-39)53-42-25-11-10-16-35(42)32-33-54-53/h1-34H. The van der Waals surface area contributed by atoms with Crippen molar-refractivity contribution in [1.29, 1.82) is 0 Å². The van der Waals surface area contributed by atoms with Gasteiger partial charge in [0.25, 0.3) is 0 Å². The number of nitrogens with zero attached hydrogens (tertiary/aromatic N) is 2. The number of aromatic nitrogens is 1. The van der Waals surface area contributed by atoms with E-state index in [4.69, 9.17) is 4.98 Å². The molecule has 0 fully saturated rings. The van der Waals surface area contributed by atoms with Crippen LogP contribution in [0.5, 0.6) is 0 Å². The second kappa shape index (κ2) is 12.7. The molecule has 1 heterocycles. The van der Waals surface area contributed by atoms with Gasteiger partial charge in [-0.25, -0.2) is 4.98 Å². The topological polar surface area (TPSA) is 16.1 Å². The smallest absolute Gasteiger partial charge is 0.145 e. The molecule has 0 unspecified atom stereocenters. The van der Waals surface area contributed by atoms with Crippen LogP contribution in [0.3, 0.4) is 0 Å². The van der Waals surface area contributed by atoms with E-state index in [1.54, 1.807) is 0 Å². The van der Waals surface area contributed by atoms with Crippen LogP contribution >= 0.6 is 0 Å². The molecule has 256 valence electrons. The molecule has 1 aliphatic carbocycles. The highest BCUT2D eigenvalue weighted by Crippen LogP contribution is 2.58. The third-order valence-electron chi connectivity index (χ3n) is 11.2. The summed E-state index contributed by atoms with van der Waals surface area (Å²) in [6.45, 7) is 0. The van der Waals surface area contributed by atoms with Crippen molar-refractivity contribution in [2.75, 3.05) is 4.90 Å². The summed E-state index contributed by atoms with van der Waals surface area (Å²) >= 11 is 0. The fraction of sp³-hybridized carbons (Fsp3) is 0. The van der Waals surface area contributed by atoms with Gasteiger partial charge in [0.15, 0.2) is 0 Å². The highest BCUT2D eigenvalue weighted by Gasteiger charge is 2.31. The second-order valence-corrected chi connectivity index (χ2v) is 14.2. The molecule has 55 heavy (non-hydrogen) atoms. The molecule has 1 aromatic heterocycles. The Morgan fingerprint density at radius 1 is 0.327 bits per heavy atom. The molecule has 0 bridgehead atoms. The van der Waals surface area contributed by atoms with Crippen LogP contribution in [-0.2, 0) is 0 Å². The van der Waals surface area contributed by atoms with Gasteiger partial charge in [0.05, 0.1) is 0 Å². The zero-order chi connectivity index (χ0) is 36.3. The van der Waals surface area contributed by atoms with Gasteiger partial charge in [-0.1, -0.05) is 170 Å². The first-order valence-electron chi connectivity index (χ1n) is 18.9. The van der Waals surface area contributed by atoms with Gasteiger partial charge in [0.1, 0.15) is 5.82 Å². The van der Waals surface area contributed by atoms with Crippen molar-refractivity contribution in [3.05, 3.63) is 206 Å². The fourth-order valence-electron chi connectivity index (χ4n) is 8.93. The molecule has 0 N–H and O–H groups in total. The first-order chi connectivity index (χ1) is 27.3. The molecular weight excluding hydrogens is 665 g/mol. The minimum absolute atomic E-state index is 0.909. The van der Waals surface area contributed by atoms with E-state index in [1.807, 2.05) is 6.20 Å². The highest BCUT2D eigenvalue weighted by atomic mass is 15.2. The number of fused-ring (bicyclic) bond motifs is 5. The highest BCUT2D eigenvalue weighted by molar-refractivity contribution is 6.28. The summed E-state index contributed by atoms with van der Waals surface area (Å²) in [6.07, 6.45) is 1.91. The average Bonchev–Trinajstić information content (AvgIpc) is 3.59. The molecule has 1 aliphatic rings. The van der Waals surface area contributed by atoms with Gasteiger partial charge in [0.2, 0.25) is 0 Å². The minimum Gasteiger partial charge on any atom is -0.295 e. The van der Waals surface area contributed by atoms with E-state index >= 15 is 0 Å². The van der Waals surface area contributed by atoms with E-state index in [1.165, 1.54) is 71.6 Å². The molecule has 10 aromatic rings. The molecule has 2 heteroatoms. The van der Waals surface area contributed by atoms with Gasteiger partial charge in [-0.05, 0) is 113 Å². The largest absolute Gasteiger partial charge is 0.295 e. The van der Waals surface area contributed by atoms with E-state index in [0.717, 1.165) is 33.5 Å². The zero-order valence-electron chi connectivity index (χ0n) is 30.0. The third kappa shape index (κ3) is 4.92. The third-order valence-corrected chi connectivity index (χ3v) is 11.2. The Morgan fingerprint density at radius 2 is 0.836 bits per heavy atom. The van der Waals surface area contributed by atoms with E-state index in [0.29, 0.717) is 0 Å². The number of hydrogen-bond donors (Lipinski definition) is 0. The Labute approximate surface area is 320 Å². The lowest BCUT2D eigenvalue weighted by Gasteiger charge is -2.26. The predicted molar refractivity (Wildman–Crippen MR) is 232 cm³/mol. The molecule has 0 radical (unpaired) electrons. The summed E-state index contributed by atoms with van der Waals surface area (Å²) in [7, 11) is 0. The summed E-state index contributed by atoms with van der Waals surface area (Å²) in [4.78, 5) is 7.27. The van der Waals surface area contributed by atoms with E-state index in [9.17, 15) is 0 Å². The number of anilines is 3. The molecule has 0 atom stereocenters. The zero-order valence-corrected chi connectivity index (χ0v) is 30.0. The number of rotatable bonds is 6. The molecule has 0 aliphatic heterocycles. The molecular formula is C53H34N2. The van der Waals surface area contributed by atoms with Crippen molar-refractivity contribution in [2.24, 2.45) is 0 Å². The number of pyridine rings is 1. The second-order valence-electron chi connectivity index (χ2n) is 14.2. The van der Waals surface area contributed by atoms with Gasteiger partial charge >= 0.3 is 0 Å². The Hall–Kier alpha value is -7.29. The first kappa shape index (κ1) is 31.3.